The molecule has 1 aromatic heterocycles. The number of aromatic nitrogens is 2. The van der Waals surface area contributed by atoms with Crippen molar-refractivity contribution in [1.82, 2.24) is 9.78 Å². The van der Waals surface area contributed by atoms with Crippen LogP contribution >= 0.6 is 15.9 Å². The molecule has 2 rings (SSSR count). The van der Waals surface area contributed by atoms with Gasteiger partial charge in [0.2, 0.25) is 5.91 Å². The number of carbonyl (C=O) groups excluding carboxylic acids is 1. The van der Waals surface area contributed by atoms with E-state index in [1.165, 1.54) is 12.1 Å². The third-order valence-electron chi connectivity index (χ3n) is 3.59. The molecule has 1 aromatic carbocycles. The van der Waals surface area contributed by atoms with Crippen LogP contribution in [0.2, 0.25) is 0 Å². The molecule has 0 saturated heterocycles. The first-order valence-electron chi connectivity index (χ1n) is 7.13. The third kappa shape index (κ3) is 3.98. The van der Waals surface area contributed by atoms with Crippen molar-refractivity contribution in [3.63, 3.8) is 0 Å². The van der Waals surface area contributed by atoms with Crippen LogP contribution in [-0.4, -0.2) is 26.8 Å². The van der Waals surface area contributed by atoms with Gasteiger partial charge in [-0.25, -0.2) is 4.79 Å². The fraction of sp³-hybridized carbons (Fsp3) is 0.312. The highest BCUT2D eigenvalue weighted by atomic mass is 79.9. The predicted octanol–water partition coefficient (Wildman–Crippen LogP) is 3.24. The van der Waals surface area contributed by atoms with E-state index < -0.39 is 5.97 Å². The molecular weight excluding hydrogens is 362 g/mol. The van der Waals surface area contributed by atoms with Crippen LogP contribution in [0.25, 0.3) is 0 Å². The van der Waals surface area contributed by atoms with Gasteiger partial charge in [-0.15, -0.1) is 0 Å². The van der Waals surface area contributed by atoms with Crippen molar-refractivity contribution in [2.24, 2.45) is 5.92 Å². The van der Waals surface area contributed by atoms with Crippen LogP contribution in [0.5, 0.6) is 0 Å². The van der Waals surface area contributed by atoms with Gasteiger partial charge in [0.15, 0.2) is 0 Å². The number of rotatable bonds is 5. The van der Waals surface area contributed by atoms with Gasteiger partial charge >= 0.3 is 5.97 Å². The van der Waals surface area contributed by atoms with Crippen molar-refractivity contribution in [2.45, 2.75) is 27.3 Å². The lowest BCUT2D eigenvalue weighted by atomic mass is 10.1. The average molecular weight is 380 g/mol. The van der Waals surface area contributed by atoms with Crippen LogP contribution in [0.15, 0.2) is 28.7 Å². The Bertz CT molecular complexity index is 738. The maximum Gasteiger partial charge on any atom is 0.335 e. The van der Waals surface area contributed by atoms with Crippen molar-refractivity contribution < 1.29 is 14.7 Å². The van der Waals surface area contributed by atoms with E-state index in [4.69, 9.17) is 5.11 Å². The topological polar surface area (TPSA) is 84.2 Å². The summed E-state index contributed by atoms with van der Waals surface area (Å²) in [6.07, 6.45) is 0. The minimum atomic E-state index is -0.994. The molecule has 1 heterocycles. The SMILES string of the molecule is Cc1nn(CC(C)C(=O)Nc2ccc(C(=O)O)cc2)c(C)c1Br. The van der Waals surface area contributed by atoms with Crippen molar-refractivity contribution in [3.8, 4) is 0 Å². The smallest absolute Gasteiger partial charge is 0.335 e. The molecule has 0 aliphatic rings. The lowest BCUT2D eigenvalue weighted by molar-refractivity contribution is -0.119. The Labute approximate surface area is 142 Å². The molecular formula is C16H18BrN3O3. The number of aromatic carboxylic acids is 1. The minimum absolute atomic E-state index is 0.142. The van der Waals surface area contributed by atoms with Crippen LogP contribution < -0.4 is 5.32 Å². The fourth-order valence-electron chi connectivity index (χ4n) is 2.16. The molecule has 1 amide bonds. The summed E-state index contributed by atoms with van der Waals surface area (Å²) < 4.78 is 2.76. The Balaban J connectivity index is 2.02. The van der Waals surface area contributed by atoms with Gasteiger partial charge in [-0.1, -0.05) is 6.92 Å². The van der Waals surface area contributed by atoms with E-state index in [0.29, 0.717) is 12.2 Å². The second-order valence-electron chi connectivity index (χ2n) is 5.44. The average Bonchev–Trinajstić information content (AvgIpc) is 2.75. The molecule has 2 N–H and O–H groups in total. The number of halogens is 1. The standard InChI is InChI=1S/C16H18BrN3O3/c1-9(8-20-11(3)14(17)10(2)19-20)15(21)18-13-6-4-12(5-7-13)16(22)23/h4-7,9H,8H2,1-3H3,(H,18,21)(H,22,23). The summed E-state index contributed by atoms with van der Waals surface area (Å²) in [7, 11) is 0. The number of anilines is 1. The van der Waals surface area contributed by atoms with Crippen molar-refractivity contribution in [1.29, 1.82) is 0 Å². The zero-order valence-corrected chi connectivity index (χ0v) is 14.7. The number of nitrogens with zero attached hydrogens (tertiary/aromatic N) is 2. The highest BCUT2D eigenvalue weighted by molar-refractivity contribution is 9.10. The lowest BCUT2D eigenvalue weighted by Crippen LogP contribution is -2.25. The lowest BCUT2D eigenvalue weighted by Gasteiger charge is -2.13. The van der Waals surface area contributed by atoms with E-state index in [-0.39, 0.29) is 17.4 Å². The number of carbonyl (C=O) groups is 2. The van der Waals surface area contributed by atoms with Gasteiger partial charge in [0, 0.05) is 11.4 Å². The molecule has 1 unspecified atom stereocenters. The maximum atomic E-state index is 12.3. The number of nitrogens with one attached hydrogen (secondary N) is 1. The molecule has 2 aromatic rings. The Morgan fingerprint density at radius 1 is 1.30 bits per heavy atom. The first-order chi connectivity index (χ1) is 10.8. The highest BCUT2D eigenvalue weighted by Gasteiger charge is 2.17. The van der Waals surface area contributed by atoms with Crippen LogP contribution in [0.4, 0.5) is 5.69 Å². The molecule has 122 valence electrons. The molecule has 0 saturated carbocycles. The van der Waals surface area contributed by atoms with Crippen LogP contribution in [0.1, 0.15) is 28.7 Å². The van der Waals surface area contributed by atoms with Gasteiger partial charge in [0.1, 0.15) is 0 Å². The Morgan fingerprint density at radius 2 is 1.91 bits per heavy atom. The van der Waals surface area contributed by atoms with E-state index in [0.717, 1.165) is 15.9 Å². The number of benzene rings is 1. The minimum Gasteiger partial charge on any atom is -0.478 e. The Kier molecular flexibility index (Phi) is 5.20. The van der Waals surface area contributed by atoms with Crippen LogP contribution in [-0.2, 0) is 11.3 Å². The largest absolute Gasteiger partial charge is 0.478 e. The van der Waals surface area contributed by atoms with Gasteiger partial charge in [-0.2, -0.15) is 5.10 Å². The summed E-state index contributed by atoms with van der Waals surface area (Å²) in [5.74, 6) is -1.41. The number of aryl methyl sites for hydroxylation is 1. The third-order valence-corrected chi connectivity index (χ3v) is 4.73. The monoisotopic (exact) mass is 379 g/mol. The van der Waals surface area contributed by atoms with Crippen LogP contribution in [0.3, 0.4) is 0 Å². The van der Waals surface area contributed by atoms with E-state index in [9.17, 15) is 9.59 Å². The highest BCUT2D eigenvalue weighted by Crippen LogP contribution is 2.21. The summed E-state index contributed by atoms with van der Waals surface area (Å²) in [4.78, 5) is 23.1. The molecule has 0 spiro atoms. The van der Waals surface area contributed by atoms with Gasteiger partial charge in [0.05, 0.1) is 28.2 Å². The van der Waals surface area contributed by atoms with E-state index in [1.54, 1.807) is 16.8 Å². The molecule has 7 heteroatoms. The Hall–Kier alpha value is -2.15. The molecule has 0 aliphatic heterocycles. The number of hydrogen-bond donors (Lipinski definition) is 2. The summed E-state index contributed by atoms with van der Waals surface area (Å²) in [6, 6.07) is 6.07. The van der Waals surface area contributed by atoms with Crippen LogP contribution in [0, 0.1) is 19.8 Å². The van der Waals surface area contributed by atoms with E-state index >= 15 is 0 Å². The summed E-state index contributed by atoms with van der Waals surface area (Å²) in [5.41, 5.74) is 2.62. The quantitative estimate of drug-likeness (QED) is 0.834. The molecule has 23 heavy (non-hydrogen) atoms. The normalized spacial score (nSPS) is 12.0. The summed E-state index contributed by atoms with van der Waals surface area (Å²) >= 11 is 3.47. The molecule has 6 nitrogen and oxygen atoms in total. The van der Waals surface area contributed by atoms with E-state index in [2.05, 4.69) is 26.3 Å². The summed E-state index contributed by atoms with van der Waals surface area (Å²) in [6.45, 7) is 6.14. The Morgan fingerprint density at radius 3 is 2.39 bits per heavy atom. The second-order valence-corrected chi connectivity index (χ2v) is 6.23. The maximum absolute atomic E-state index is 12.3. The first kappa shape index (κ1) is 17.2. The fourth-order valence-corrected chi connectivity index (χ4v) is 2.44. The first-order valence-corrected chi connectivity index (χ1v) is 7.92. The second kappa shape index (κ2) is 6.95. The zero-order valence-electron chi connectivity index (χ0n) is 13.1. The molecule has 0 aliphatic carbocycles. The number of carboxylic acid groups (broad SMARTS) is 1. The van der Waals surface area contributed by atoms with Gasteiger partial charge in [-0.05, 0) is 54.0 Å². The van der Waals surface area contributed by atoms with Crippen molar-refractivity contribution in [2.75, 3.05) is 5.32 Å². The molecule has 0 fully saturated rings. The van der Waals surface area contributed by atoms with Crippen molar-refractivity contribution in [3.05, 3.63) is 45.7 Å². The zero-order chi connectivity index (χ0) is 17.1. The number of carboxylic acids is 1. The predicted molar refractivity (Wildman–Crippen MR) is 90.6 cm³/mol. The molecule has 0 radical (unpaired) electrons. The van der Waals surface area contributed by atoms with Gasteiger partial charge in [0.25, 0.3) is 0 Å². The molecule has 1 atom stereocenters. The van der Waals surface area contributed by atoms with Gasteiger partial charge in [-0.3, -0.25) is 9.48 Å². The van der Waals surface area contributed by atoms with Gasteiger partial charge < -0.3 is 10.4 Å². The number of hydrogen-bond acceptors (Lipinski definition) is 3. The molecule has 0 bridgehead atoms. The summed E-state index contributed by atoms with van der Waals surface area (Å²) in [5, 5.41) is 16.0. The van der Waals surface area contributed by atoms with E-state index in [1.807, 2.05) is 20.8 Å². The number of amides is 1. The van der Waals surface area contributed by atoms with Crippen molar-refractivity contribution >= 4 is 33.5 Å².